The predicted molar refractivity (Wildman–Crippen MR) is 89.0 cm³/mol. The normalized spacial score (nSPS) is 11.5. The maximum Gasteiger partial charge on any atom is 0.433 e. The van der Waals surface area contributed by atoms with Crippen LogP contribution in [-0.2, 0) is 12.6 Å². The molecule has 0 unspecified atom stereocenters. The summed E-state index contributed by atoms with van der Waals surface area (Å²) in [6, 6.07) is 14.2. The van der Waals surface area contributed by atoms with Crippen LogP contribution in [0.25, 0.3) is 10.6 Å². The number of thiophene rings is 1. The lowest BCUT2D eigenvalue weighted by atomic mass is 10.1. The Kier molecular flexibility index (Phi) is 4.80. The molecular weight excluding hydrogens is 335 g/mol. The first-order chi connectivity index (χ1) is 11.5. The van der Waals surface area contributed by atoms with Crippen molar-refractivity contribution < 1.29 is 13.2 Å². The van der Waals surface area contributed by atoms with Crippen LogP contribution in [0.4, 0.5) is 19.1 Å². The third kappa shape index (κ3) is 4.11. The number of benzene rings is 1. The SMILES string of the molecule is FC(F)(F)c1cc(-c2cccs2)nc(NCCc2ccccc2)n1. The van der Waals surface area contributed by atoms with E-state index in [0.29, 0.717) is 17.8 Å². The number of hydrogen-bond acceptors (Lipinski definition) is 4. The molecule has 7 heteroatoms. The first-order valence-corrected chi connectivity index (χ1v) is 8.18. The van der Waals surface area contributed by atoms with Crippen molar-refractivity contribution in [3.8, 4) is 10.6 Å². The molecule has 0 aliphatic rings. The van der Waals surface area contributed by atoms with Crippen molar-refractivity contribution >= 4 is 17.3 Å². The van der Waals surface area contributed by atoms with Gasteiger partial charge in [0.2, 0.25) is 5.95 Å². The molecule has 0 amide bonds. The van der Waals surface area contributed by atoms with E-state index in [-0.39, 0.29) is 11.6 Å². The van der Waals surface area contributed by atoms with Crippen LogP contribution in [0.15, 0.2) is 53.9 Å². The van der Waals surface area contributed by atoms with E-state index in [9.17, 15) is 13.2 Å². The lowest BCUT2D eigenvalue weighted by molar-refractivity contribution is -0.141. The van der Waals surface area contributed by atoms with Crippen LogP contribution in [0.1, 0.15) is 11.3 Å². The van der Waals surface area contributed by atoms with E-state index in [0.717, 1.165) is 11.6 Å². The van der Waals surface area contributed by atoms with Gasteiger partial charge in [0.05, 0.1) is 10.6 Å². The van der Waals surface area contributed by atoms with Crippen LogP contribution in [0.2, 0.25) is 0 Å². The molecule has 24 heavy (non-hydrogen) atoms. The number of hydrogen-bond donors (Lipinski definition) is 1. The van der Waals surface area contributed by atoms with Crippen molar-refractivity contribution in [2.24, 2.45) is 0 Å². The molecule has 0 fully saturated rings. The van der Waals surface area contributed by atoms with Gasteiger partial charge in [0.15, 0.2) is 5.69 Å². The molecule has 0 saturated carbocycles. The molecular formula is C17H14F3N3S. The summed E-state index contributed by atoms with van der Waals surface area (Å²) in [5.74, 6) is -0.0100. The molecule has 2 aromatic heterocycles. The van der Waals surface area contributed by atoms with Crippen LogP contribution in [0, 0.1) is 0 Å². The average molecular weight is 349 g/mol. The van der Waals surface area contributed by atoms with E-state index in [1.807, 2.05) is 30.3 Å². The zero-order valence-electron chi connectivity index (χ0n) is 12.5. The first-order valence-electron chi connectivity index (χ1n) is 7.30. The molecule has 0 aliphatic carbocycles. The topological polar surface area (TPSA) is 37.8 Å². The van der Waals surface area contributed by atoms with Crippen molar-refractivity contribution in [1.29, 1.82) is 0 Å². The van der Waals surface area contributed by atoms with Gasteiger partial charge < -0.3 is 5.32 Å². The van der Waals surface area contributed by atoms with Crippen molar-refractivity contribution in [1.82, 2.24) is 9.97 Å². The number of rotatable bonds is 5. The standard InChI is InChI=1S/C17H14F3N3S/c18-17(19,20)15-11-13(14-7-4-10-24-14)22-16(23-15)21-9-8-12-5-2-1-3-6-12/h1-7,10-11H,8-9H2,(H,21,22,23). The van der Waals surface area contributed by atoms with Gasteiger partial charge in [-0.1, -0.05) is 36.4 Å². The van der Waals surface area contributed by atoms with Gasteiger partial charge in [-0.2, -0.15) is 13.2 Å². The molecule has 0 bridgehead atoms. The number of alkyl halides is 3. The maximum absolute atomic E-state index is 13.1. The minimum atomic E-state index is -4.51. The highest BCUT2D eigenvalue weighted by Gasteiger charge is 2.33. The Labute approximate surface area is 141 Å². The fourth-order valence-electron chi connectivity index (χ4n) is 2.19. The molecule has 0 aliphatic heterocycles. The van der Waals surface area contributed by atoms with Gasteiger partial charge in [0.25, 0.3) is 0 Å². The Morgan fingerprint density at radius 1 is 1.00 bits per heavy atom. The molecule has 0 atom stereocenters. The van der Waals surface area contributed by atoms with Crippen LogP contribution in [0.3, 0.4) is 0 Å². The third-order valence-corrected chi connectivity index (χ3v) is 4.22. The summed E-state index contributed by atoms with van der Waals surface area (Å²) < 4.78 is 39.2. The van der Waals surface area contributed by atoms with Gasteiger partial charge in [-0.25, -0.2) is 9.97 Å². The zero-order chi connectivity index (χ0) is 17.0. The number of aromatic nitrogens is 2. The van der Waals surface area contributed by atoms with Gasteiger partial charge in [-0.3, -0.25) is 0 Å². The molecule has 0 saturated heterocycles. The Morgan fingerprint density at radius 3 is 2.46 bits per heavy atom. The van der Waals surface area contributed by atoms with E-state index < -0.39 is 11.9 Å². The summed E-state index contributed by atoms with van der Waals surface area (Å²) in [5.41, 5.74) is 0.424. The van der Waals surface area contributed by atoms with Crippen LogP contribution >= 0.6 is 11.3 Å². The molecule has 124 valence electrons. The number of nitrogens with one attached hydrogen (secondary N) is 1. The van der Waals surface area contributed by atoms with Gasteiger partial charge >= 0.3 is 6.18 Å². The second-order valence-corrected chi connectivity index (χ2v) is 6.05. The summed E-state index contributed by atoms with van der Waals surface area (Å²) in [6.07, 6.45) is -3.83. The van der Waals surface area contributed by atoms with Crippen LogP contribution in [-0.4, -0.2) is 16.5 Å². The Bertz CT molecular complexity index is 787. The molecule has 0 spiro atoms. The fraction of sp³-hybridized carbons (Fsp3) is 0.176. The minimum Gasteiger partial charge on any atom is -0.354 e. The van der Waals surface area contributed by atoms with Crippen LogP contribution in [0.5, 0.6) is 0 Å². The molecule has 3 rings (SSSR count). The lowest BCUT2D eigenvalue weighted by Crippen LogP contribution is -2.14. The van der Waals surface area contributed by atoms with Crippen molar-refractivity contribution in [2.75, 3.05) is 11.9 Å². The predicted octanol–water partition coefficient (Wildman–Crippen LogP) is 4.88. The minimum absolute atomic E-state index is 0.0100. The number of halogens is 3. The maximum atomic E-state index is 13.1. The molecule has 3 nitrogen and oxygen atoms in total. The second kappa shape index (κ2) is 7.00. The van der Waals surface area contributed by atoms with Gasteiger partial charge in [-0.05, 0) is 29.5 Å². The van der Waals surface area contributed by atoms with Gasteiger partial charge in [0.1, 0.15) is 0 Å². The monoisotopic (exact) mass is 349 g/mol. The highest BCUT2D eigenvalue weighted by Crippen LogP contribution is 2.32. The van der Waals surface area contributed by atoms with Crippen molar-refractivity contribution in [2.45, 2.75) is 12.6 Å². The van der Waals surface area contributed by atoms with E-state index >= 15 is 0 Å². The molecule has 3 aromatic rings. The number of nitrogens with zero attached hydrogens (tertiary/aromatic N) is 2. The summed E-state index contributed by atoms with van der Waals surface area (Å²) in [5, 5.41) is 4.69. The van der Waals surface area contributed by atoms with Gasteiger partial charge in [-0.15, -0.1) is 11.3 Å². The molecule has 2 heterocycles. The first kappa shape index (κ1) is 16.4. The van der Waals surface area contributed by atoms with E-state index in [2.05, 4.69) is 15.3 Å². The van der Waals surface area contributed by atoms with E-state index in [4.69, 9.17) is 0 Å². The third-order valence-electron chi connectivity index (χ3n) is 3.33. The summed E-state index contributed by atoms with van der Waals surface area (Å²) >= 11 is 1.34. The second-order valence-electron chi connectivity index (χ2n) is 5.10. The average Bonchev–Trinajstić information content (AvgIpc) is 3.09. The highest BCUT2D eigenvalue weighted by molar-refractivity contribution is 7.13. The van der Waals surface area contributed by atoms with E-state index in [1.54, 1.807) is 17.5 Å². The van der Waals surface area contributed by atoms with Gasteiger partial charge in [0, 0.05) is 6.54 Å². The Morgan fingerprint density at radius 2 is 1.79 bits per heavy atom. The largest absolute Gasteiger partial charge is 0.433 e. The molecule has 1 aromatic carbocycles. The van der Waals surface area contributed by atoms with Crippen LogP contribution < -0.4 is 5.32 Å². The molecule has 1 N–H and O–H groups in total. The molecule has 0 radical (unpaired) electrons. The number of anilines is 1. The van der Waals surface area contributed by atoms with Crippen molar-refractivity contribution in [3.05, 3.63) is 65.2 Å². The summed E-state index contributed by atoms with van der Waals surface area (Å²) in [6.45, 7) is 0.454. The highest BCUT2D eigenvalue weighted by atomic mass is 32.1. The fourth-order valence-corrected chi connectivity index (χ4v) is 2.87. The quantitative estimate of drug-likeness (QED) is 0.713. The smallest absolute Gasteiger partial charge is 0.354 e. The van der Waals surface area contributed by atoms with Crippen molar-refractivity contribution in [3.63, 3.8) is 0 Å². The Balaban J connectivity index is 1.80. The Hall–Kier alpha value is -2.41. The lowest BCUT2D eigenvalue weighted by Gasteiger charge is -2.11. The summed E-state index contributed by atoms with van der Waals surface area (Å²) in [4.78, 5) is 8.49. The summed E-state index contributed by atoms with van der Waals surface area (Å²) in [7, 11) is 0. The zero-order valence-corrected chi connectivity index (χ0v) is 13.4. The van der Waals surface area contributed by atoms with E-state index in [1.165, 1.54) is 11.3 Å².